The van der Waals surface area contributed by atoms with Crippen molar-refractivity contribution in [3.05, 3.63) is 261 Å². The molecule has 0 N–H and O–H groups in total. The molecule has 2 aromatic heterocycles. The molecule has 1 aliphatic rings. The lowest BCUT2D eigenvalue weighted by atomic mass is 9.94. The van der Waals surface area contributed by atoms with Crippen molar-refractivity contribution in [3.63, 3.8) is 0 Å². The van der Waals surface area contributed by atoms with Crippen LogP contribution in [-0.2, 0) is 0 Å². The van der Waals surface area contributed by atoms with Crippen LogP contribution < -0.4 is 14.7 Å². The lowest BCUT2D eigenvalue weighted by molar-refractivity contribution is 0.670. The van der Waals surface area contributed by atoms with Crippen molar-refractivity contribution in [1.82, 2.24) is 4.57 Å². The second-order valence-electron chi connectivity index (χ2n) is 19.3. The Morgan fingerprint density at radius 2 is 0.959 bits per heavy atom. The molecule has 0 aliphatic carbocycles. The Morgan fingerprint density at radius 3 is 1.81 bits per heavy atom. The monoisotopic (exact) mass is 946 g/mol. The highest BCUT2D eigenvalue weighted by molar-refractivity contribution is 6.15. The van der Waals surface area contributed by atoms with Crippen LogP contribution in [0, 0.1) is 0 Å². The van der Waals surface area contributed by atoms with Crippen LogP contribution in [0.5, 0.6) is 0 Å². The maximum atomic E-state index is 6.64. The van der Waals surface area contributed by atoms with Crippen LogP contribution in [0.2, 0.25) is 0 Å². The second-order valence-corrected chi connectivity index (χ2v) is 19.3. The summed E-state index contributed by atoms with van der Waals surface area (Å²) in [5, 5.41) is 9.44. The highest BCUT2D eigenvalue weighted by atomic mass is 16.3. The number of fused-ring (bicyclic) bond motifs is 10. The zero-order chi connectivity index (χ0) is 48.9. The van der Waals surface area contributed by atoms with Crippen molar-refractivity contribution in [2.45, 2.75) is 0 Å². The van der Waals surface area contributed by atoms with Gasteiger partial charge in [0.25, 0.3) is 0 Å². The second kappa shape index (κ2) is 16.6. The summed E-state index contributed by atoms with van der Waals surface area (Å²) < 4.78 is 9.03. The van der Waals surface area contributed by atoms with Gasteiger partial charge in [-0.3, -0.25) is 0 Å². The molecular formula is C69H46N4O. The third-order valence-corrected chi connectivity index (χ3v) is 15.3. The van der Waals surface area contributed by atoms with Gasteiger partial charge in [-0.05, 0) is 118 Å². The fourth-order valence-electron chi connectivity index (χ4n) is 11.9. The van der Waals surface area contributed by atoms with Crippen molar-refractivity contribution in [2.75, 3.05) is 21.7 Å². The quantitative estimate of drug-likeness (QED) is 0.159. The largest absolute Gasteiger partial charge is 0.455 e. The number of benzene rings is 12. The Morgan fingerprint density at radius 1 is 0.351 bits per heavy atom. The molecule has 0 spiro atoms. The van der Waals surface area contributed by atoms with E-state index < -0.39 is 0 Å². The molecule has 12 aromatic carbocycles. The lowest BCUT2D eigenvalue weighted by Gasteiger charge is -2.40. The Balaban J connectivity index is 0.935. The Hall–Kier alpha value is -9.84. The molecule has 15 rings (SSSR count). The number of hydrogen-bond acceptors (Lipinski definition) is 4. The molecule has 0 fully saturated rings. The van der Waals surface area contributed by atoms with Crippen molar-refractivity contribution in [3.8, 4) is 27.9 Å². The molecule has 0 amide bonds. The van der Waals surface area contributed by atoms with E-state index in [9.17, 15) is 0 Å². The Labute approximate surface area is 428 Å². The van der Waals surface area contributed by atoms with Gasteiger partial charge in [0.05, 0.1) is 45.2 Å². The number of nitrogens with zero attached hydrogens (tertiary/aromatic N) is 4. The predicted molar refractivity (Wildman–Crippen MR) is 311 cm³/mol. The zero-order valence-electron chi connectivity index (χ0n) is 40.5. The summed E-state index contributed by atoms with van der Waals surface area (Å²) in [5.41, 5.74) is 18.6. The smallest absolute Gasteiger partial charge is 0.143 e. The van der Waals surface area contributed by atoms with Crippen LogP contribution in [0.15, 0.2) is 265 Å². The highest BCUT2D eigenvalue weighted by Gasteiger charge is 2.31. The van der Waals surface area contributed by atoms with Gasteiger partial charge in [-0.1, -0.05) is 170 Å². The van der Waals surface area contributed by atoms with Gasteiger partial charge in [-0.25, -0.2) is 0 Å². The van der Waals surface area contributed by atoms with Gasteiger partial charge in [0.15, 0.2) is 0 Å². The minimum atomic E-state index is 0.890. The first-order chi connectivity index (χ1) is 36.6. The van der Waals surface area contributed by atoms with E-state index in [1.54, 1.807) is 0 Å². The molecule has 1 aliphatic heterocycles. The van der Waals surface area contributed by atoms with Gasteiger partial charge >= 0.3 is 0 Å². The molecule has 0 bridgehead atoms. The predicted octanol–water partition coefficient (Wildman–Crippen LogP) is 19.3. The first-order valence-corrected chi connectivity index (χ1v) is 25.3. The molecule has 0 atom stereocenters. The topological polar surface area (TPSA) is 27.8 Å². The van der Waals surface area contributed by atoms with Gasteiger partial charge in [-0.15, -0.1) is 0 Å². The minimum Gasteiger partial charge on any atom is -0.455 e. The van der Waals surface area contributed by atoms with Crippen molar-refractivity contribution >= 4 is 111 Å². The fourth-order valence-corrected chi connectivity index (χ4v) is 11.9. The molecule has 0 radical (unpaired) electrons. The zero-order valence-corrected chi connectivity index (χ0v) is 40.5. The number of para-hydroxylation sites is 5. The van der Waals surface area contributed by atoms with E-state index >= 15 is 0 Å². The molecule has 14 aromatic rings. The van der Waals surface area contributed by atoms with Gasteiger partial charge in [-0.2, -0.15) is 0 Å². The van der Waals surface area contributed by atoms with Crippen LogP contribution in [0.4, 0.5) is 45.5 Å². The third kappa shape index (κ3) is 6.43. The highest BCUT2D eigenvalue weighted by Crippen LogP contribution is 2.55. The van der Waals surface area contributed by atoms with Gasteiger partial charge in [0.1, 0.15) is 11.2 Å². The summed E-state index contributed by atoms with van der Waals surface area (Å²) in [6.07, 6.45) is 0. The van der Waals surface area contributed by atoms with Crippen LogP contribution in [0.25, 0.3) is 93.2 Å². The molecule has 0 saturated heterocycles. The van der Waals surface area contributed by atoms with E-state index in [2.05, 4.69) is 281 Å². The van der Waals surface area contributed by atoms with Crippen molar-refractivity contribution in [1.29, 1.82) is 0 Å². The minimum absolute atomic E-state index is 0.890. The molecule has 5 nitrogen and oxygen atoms in total. The maximum absolute atomic E-state index is 6.64. The summed E-state index contributed by atoms with van der Waals surface area (Å²) in [7, 11) is 2.21. The van der Waals surface area contributed by atoms with E-state index in [1.807, 2.05) is 6.07 Å². The summed E-state index contributed by atoms with van der Waals surface area (Å²) in [5.74, 6) is 0. The first-order valence-electron chi connectivity index (χ1n) is 25.3. The van der Waals surface area contributed by atoms with E-state index in [4.69, 9.17) is 4.42 Å². The Kier molecular flexibility index (Phi) is 9.41. The lowest BCUT2D eigenvalue weighted by Crippen LogP contribution is -2.25. The molecule has 0 saturated carbocycles. The summed E-state index contributed by atoms with van der Waals surface area (Å²) in [4.78, 5) is 7.25. The number of aromatic nitrogens is 1. The number of rotatable bonds is 7. The fraction of sp³-hybridized carbons (Fsp3) is 0.0145. The summed E-state index contributed by atoms with van der Waals surface area (Å²) in [6.45, 7) is 0. The molecule has 348 valence electrons. The summed E-state index contributed by atoms with van der Waals surface area (Å²) in [6, 6.07) is 94.7. The van der Waals surface area contributed by atoms with Gasteiger partial charge in [0, 0.05) is 62.0 Å². The van der Waals surface area contributed by atoms with E-state index in [-0.39, 0.29) is 0 Å². The molecule has 0 unspecified atom stereocenters. The molecule has 3 heterocycles. The average Bonchev–Trinajstić information content (AvgIpc) is 4.02. The molecule has 5 heteroatoms. The average molecular weight is 947 g/mol. The first kappa shape index (κ1) is 41.9. The van der Waals surface area contributed by atoms with Crippen LogP contribution in [-0.4, -0.2) is 11.6 Å². The number of furan rings is 1. The van der Waals surface area contributed by atoms with Crippen LogP contribution in [0.1, 0.15) is 0 Å². The Bertz CT molecular complexity index is 4530. The SMILES string of the molecule is CN1c2cc(-c3cccc4c3oc3ccccc34)ccc2N(c2ccc(-c3ccc4c(c3)c3ccccc3n4-c3ccccc3)c3ccccc23)c2ccc(N(c3ccccc3)c3cccc4ccccc34)cc21. The molecular weight excluding hydrogens is 901 g/mol. The van der Waals surface area contributed by atoms with Gasteiger partial charge in [0.2, 0.25) is 0 Å². The number of hydrogen-bond donors (Lipinski definition) is 0. The normalized spacial score (nSPS) is 12.3. The van der Waals surface area contributed by atoms with Gasteiger partial charge < -0.3 is 23.7 Å². The van der Waals surface area contributed by atoms with Crippen molar-refractivity contribution in [2.24, 2.45) is 0 Å². The number of anilines is 8. The third-order valence-electron chi connectivity index (χ3n) is 15.3. The van der Waals surface area contributed by atoms with Crippen LogP contribution >= 0.6 is 0 Å². The van der Waals surface area contributed by atoms with Crippen LogP contribution in [0.3, 0.4) is 0 Å². The van der Waals surface area contributed by atoms with E-state index in [0.717, 1.165) is 84.3 Å². The van der Waals surface area contributed by atoms with E-state index in [0.29, 0.717) is 0 Å². The molecule has 74 heavy (non-hydrogen) atoms. The maximum Gasteiger partial charge on any atom is 0.143 e. The van der Waals surface area contributed by atoms with Crippen molar-refractivity contribution < 1.29 is 4.42 Å². The standard InChI is InChI=1S/C69H46N4O/c1-70-66-43-47(53-29-17-30-58-57-28-13-15-33-68(57)74-69(53)58)35-39-64(66)73(65-40-36-50(44-67(65)70)71(48-20-4-2-5-21-48)60-32-16-19-45-18-8-9-24-52(45)60)62-41-37-51(54-25-10-11-26-55(54)62)46-34-38-63-59(42-46)56-27-12-14-31-61(56)72(63)49-22-6-3-7-23-49/h2-44H,1H3. The summed E-state index contributed by atoms with van der Waals surface area (Å²) >= 11 is 0. The van der Waals surface area contributed by atoms with E-state index in [1.165, 1.54) is 54.5 Å².